The van der Waals surface area contributed by atoms with E-state index < -0.39 is 17.8 Å². The van der Waals surface area contributed by atoms with E-state index in [1.165, 1.54) is 42.7 Å². The summed E-state index contributed by atoms with van der Waals surface area (Å²) in [4.78, 5) is 38.1. The second-order valence-corrected chi connectivity index (χ2v) is 4.03. The SMILES string of the molecule is O=C(Nc1c(C(=O)O)cccc1C(=O)O)c1ccncc1. The Morgan fingerprint density at radius 3 is 1.90 bits per heavy atom. The van der Waals surface area contributed by atoms with Crippen LogP contribution in [0.5, 0.6) is 0 Å². The Balaban J connectivity index is 2.45. The lowest BCUT2D eigenvalue weighted by atomic mass is 10.1. The number of carbonyl (C=O) groups excluding carboxylic acids is 1. The molecule has 0 aliphatic rings. The van der Waals surface area contributed by atoms with E-state index in [9.17, 15) is 14.4 Å². The van der Waals surface area contributed by atoms with Gasteiger partial charge in [0.15, 0.2) is 0 Å². The molecule has 7 heteroatoms. The lowest BCUT2D eigenvalue weighted by Gasteiger charge is -2.11. The van der Waals surface area contributed by atoms with Gasteiger partial charge in [0, 0.05) is 18.0 Å². The standard InChI is InChI=1S/C14H10N2O5/c17-12(8-4-6-15-7-5-8)16-11-9(13(18)19)2-1-3-10(11)14(20)21/h1-7H,(H,16,17)(H,18,19)(H,20,21). The molecule has 1 aromatic carbocycles. The first kappa shape index (κ1) is 14.2. The normalized spacial score (nSPS) is 9.90. The third-order valence-corrected chi connectivity index (χ3v) is 2.71. The van der Waals surface area contributed by atoms with Crippen LogP contribution in [-0.4, -0.2) is 33.0 Å². The molecule has 7 nitrogen and oxygen atoms in total. The molecule has 0 aliphatic carbocycles. The van der Waals surface area contributed by atoms with E-state index in [1.54, 1.807) is 0 Å². The molecule has 2 rings (SSSR count). The van der Waals surface area contributed by atoms with Gasteiger partial charge in [0.25, 0.3) is 5.91 Å². The molecule has 1 amide bonds. The van der Waals surface area contributed by atoms with Crippen molar-refractivity contribution in [3.05, 3.63) is 59.4 Å². The molecule has 3 N–H and O–H groups in total. The number of amides is 1. The first-order valence-corrected chi connectivity index (χ1v) is 5.81. The molecule has 0 unspecified atom stereocenters. The van der Waals surface area contributed by atoms with E-state index in [-0.39, 0.29) is 22.4 Å². The van der Waals surface area contributed by atoms with E-state index >= 15 is 0 Å². The van der Waals surface area contributed by atoms with Gasteiger partial charge in [-0.25, -0.2) is 9.59 Å². The number of para-hydroxylation sites is 1. The fourth-order valence-electron chi connectivity index (χ4n) is 1.73. The number of rotatable bonds is 4. The number of anilines is 1. The van der Waals surface area contributed by atoms with Crippen molar-refractivity contribution >= 4 is 23.5 Å². The number of hydrogen-bond donors (Lipinski definition) is 3. The summed E-state index contributed by atoms with van der Waals surface area (Å²) in [6.07, 6.45) is 2.80. The highest BCUT2D eigenvalue weighted by Gasteiger charge is 2.20. The largest absolute Gasteiger partial charge is 0.478 e. The summed E-state index contributed by atoms with van der Waals surface area (Å²) in [6, 6.07) is 6.60. The zero-order valence-electron chi connectivity index (χ0n) is 10.6. The average Bonchev–Trinajstić information content (AvgIpc) is 2.47. The lowest BCUT2D eigenvalue weighted by Crippen LogP contribution is -2.18. The number of carbonyl (C=O) groups is 3. The molecule has 1 aromatic heterocycles. The minimum absolute atomic E-state index is 0.238. The zero-order valence-corrected chi connectivity index (χ0v) is 10.6. The van der Waals surface area contributed by atoms with Crippen LogP contribution in [0.1, 0.15) is 31.1 Å². The molecule has 21 heavy (non-hydrogen) atoms. The molecule has 0 fully saturated rings. The lowest BCUT2D eigenvalue weighted by molar-refractivity contribution is 0.0696. The van der Waals surface area contributed by atoms with Gasteiger partial charge in [-0.3, -0.25) is 9.78 Å². The Morgan fingerprint density at radius 2 is 1.43 bits per heavy atom. The number of hydrogen-bond acceptors (Lipinski definition) is 4. The molecule has 0 radical (unpaired) electrons. The Hall–Kier alpha value is -3.22. The number of benzene rings is 1. The van der Waals surface area contributed by atoms with Crippen LogP contribution in [0.25, 0.3) is 0 Å². The highest BCUT2D eigenvalue weighted by Crippen LogP contribution is 2.22. The summed E-state index contributed by atoms with van der Waals surface area (Å²) in [6.45, 7) is 0. The van der Waals surface area contributed by atoms with Gasteiger partial charge in [0.2, 0.25) is 0 Å². The fourth-order valence-corrected chi connectivity index (χ4v) is 1.73. The number of aromatic nitrogens is 1. The van der Waals surface area contributed by atoms with Crippen LogP contribution in [0, 0.1) is 0 Å². The van der Waals surface area contributed by atoms with Gasteiger partial charge in [-0.2, -0.15) is 0 Å². The smallest absolute Gasteiger partial charge is 0.337 e. The molecular weight excluding hydrogens is 276 g/mol. The molecule has 0 atom stereocenters. The number of nitrogens with zero attached hydrogens (tertiary/aromatic N) is 1. The Labute approximate surface area is 118 Å². The molecule has 0 saturated heterocycles. The maximum atomic E-state index is 12.0. The third kappa shape index (κ3) is 3.03. The number of pyridine rings is 1. The molecule has 0 bridgehead atoms. The quantitative estimate of drug-likeness (QED) is 0.788. The van der Waals surface area contributed by atoms with Crippen LogP contribution in [-0.2, 0) is 0 Å². The maximum absolute atomic E-state index is 12.0. The fraction of sp³-hybridized carbons (Fsp3) is 0. The zero-order chi connectivity index (χ0) is 15.4. The van der Waals surface area contributed by atoms with Crippen molar-refractivity contribution in [1.82, 2.24) is 4.98 Å². The van der Waals surface area contributed by atoms with Crippen molar-refractivity contribution in [3.8, 4) is 0 Å². The number of aromatic carboxylic acids is 2. The molecule has 106 valence electrons. The van der Waals surface area contributed by atoms with Gasteiger partial charge in [-0.15, -0.1) is 0 Å². The molecular formula is C14H10N2O5. The third-order valence-electron chi connectivity index (χ3n) is 2.71. The van der Waals surface area contributed by atoms with Crippen LogP contribution >= 0.6 is 0 Å². The van der Waals surface area contributed by atoms with Gasteiger partial charge in [0.05, 0.1) is 16.8 Å². The first-order valence-electron chi connectivity index (χ1n) is 5.81. The van der Waals surface area contributed by atoms with E-state index in [0.717, 1.165) is 0 Å². The minimum Gasteiger partial charge on any atom is -0.478 e. The van der Waals surface area contributed by atoms with Crippen molar-refractivity contribution in [3.63, 3.8) is 0 Å². The van der Waals surface area contributed by atoms with Crippen molar-refractivity contribution in [2.24, 2.45) is 0 Å². The minimum atomic E-state index is -1.33. The second kappa shape index (κ2) is 5.83. The summed E-state index contributed by atoms with van der Waals surface area (Å²) in [7, 11) is 0. The Bertz CT molecular complexity index is 680. The number of nitrogens with one attached hydrogen (secondary N) is 1. The van der Waals surface area contributed by atoms with E-state index in [0.29, 0.717) is 0 Å². The van der Waals surface area contributed by atoms with E-state index in [2.05, 4.69) is 10.3 Å². The predicted molar refractivity (Wildman–Crippen MR) is 72.6 cm³/mol. The van der Waals surface area contributed by atoms with Crippen LogP contribution in [0.15, 0.2) is 42.7 Å². The van der Waals surface area contributed by atoms with E-state index in [4.69, 9.17) is 10.2 Å². The van der Waals surface area contributed by atoms with Crippen molar-refractivity contribution in [1.29, 1.82) is 0 Å². The maximum Gasteiger partial charge on any atom is 0.337 e. The summed E-state index contributed by atoms with van der Waals surface area (Å²) in [5, 5.41) is 20.5. The number of carboxylic acid groups (broad SMARTS) is 2. The molecule has 0 spiro atoms. The Morgan fingerprint density at radius 1 is 0.905 bits per heavy atom. The van der Waals surface area contributed by atoms with Crippen molar-refractivity contribution in [2.75, 3.05) is 5.32 Å². The first-order chi connectivity index (χ1) is 10.0. The van der Waals surface area contributed by atoms with Gasteiger partial charge in [0.1, 0.15) is 0 Å². The Kier molecular flexibility index (Phi) is 3.94. The van der Waals surface area contributed by atoms with Crippen LogP contribution in [0.4, 0.5) is 5.69 Å². The predicted octanol–water partition coefficient (Wildman–Crippen LogP) is 1.73. The highest BCUT2D eigenvalue weighted by molar-refractivity contribution is 6.12. The average molecular weight is 286 g/mol. The van der Waals surface area contributed by atoms with Gasteiger partial charge < -0.3 is 15.5 Å². The van der Waals surface area contributed by atoms with Crippen molar-refractivity contribution < 1.29 is 24.6 Å². The van der Waals surface area contributed by atoms with Crippen LogP contribution < -0.4 is 5.32 Å². The second-order valence-electron chi connectivity index (χ2n) is 4.03. The number of carboxylic acids is 2. The van der Waals surface area contributed by atoms with Crippen LogP contribution in [0.2, 0.25) is 0 Å². The molecule has 1 heterocycles. The topological polar surface area (TPSA) is 117 Å². The summed E-state index contributed by atoms with van der Waals surface area (Å²) in [5.74, 6) is -3.28. The highest BCUT2D eigenvalue weighted by atomic mass is 16.4. The summed E-state index contributed by atoms with van der Waals surface area (Å²) < 4.78 is 0. The van der Waals surface area contributed by atoms with Gasteiger partial charge in [-0.1, -0.05) is 6.07 Å². The van der Waals surface area contributed by atoms with Gasteiger partial charge in [-0.05, 0) is 24.3 Å². The van der Waals surface area contributed by atoms with E-state index in [1.807, 2.05) is 0 Å². The molecule has 0 saturated carbocycles. The monoisotopic (exact) mass is 286 g/mol. The van der Waals surface area contributed by atoms with Gasteiger partial charge >= 0.3 is 11.9 Å². The molecule has 2 aromatic rings. The summed E-state index contributed by atoms with van der Waals surface area (Å²) in [5.41, 5.74) is -0.601. The molecule has 0 aliphatic heterocycles. The van der Waals surface area contributed by atoms with Crippen LogP contribution in [0.3, 0.4) is 0 Å². The summed E-state index contributed by atoms with van der Waals surface area (Å²) >= 11 is 0. The van der Waals surface area contributed by atoms with Crippen molar-refractivity contribution in [2.45, 2.75) is 0 Å².